The highest BCUT2D eigenvalue weighted by molar-refractivity contribution is 7.62. The van der Waals surface area contributed by atoms with Crippen molar-refractivity contribution >= 4 is 29.6 Å². The van der Waals surface area contributed by atoms with Crippen LogP contribution in [0.3, 0.4) is 0 Å². The van der Waals surface area contributed by atoms with E-state index in [1.165, 1.54) is 6.20 Å². The van der Waals surface area contributed by atoms with Gasteiger partial charge in [-0.05, 0) is 26.0 Å². The summed E-state index contributed by atoms with van der Waals surface area (Å²) in [5.74, 6) is -0.639. The first-order valence-corrected chi connectivity index (χ1v) is 8.15. The van der Waals surface area contributed by atoms with Crippen molar-refractivity contribution < 1.29 is 18.4 Å². The fraction of sp³-hybridized carbons (Fsp3) is 0.286. The lowest BCUT2D eigenvalue weighted by Crippen LogP contribution is -2.16. The molecule has 2 N–H and O–H groups in total. The van der Waals surface area contributed by atoms with E-state index in [2.05, 4.69) is 4.98 Å². The van der Waals surface area contributed by atoms with E-state index >= 15 is 0 Å². The van der Waals surface area contributed by atoms with Crippen LogP contribution in [0.5, 0.6) is 0 Å². The van der Waals surface area contributed by atoms with E-state index in [9.17, 15) is 9.36 Å². The minimum Gasteiger partial charge on any atom is -0.364 e. The van der Waals surface area contributed by atoms with Crippen LogP contribution in [-0.2, 0) is 13.6 Å². The standard InChI is InChI=1S/C14H17N2O4P/c1-3-19-21(18,20-4-2)12-7-5-6-11-10(12)8-9-16-13(11)14(15)17/h5-9H,3-4H2,1-2H3,(H2,15,17). The number of hydrogen-bond acceptors (Lipinski definition) is 5. The highest BCUT2D eigenvalue weighted by Gasteiger charge is 2.29. The Kier molecular flexibility index (Phi) is 4.73. The molecule has 0 bridgehead atoms. The maximum Gasteiger partial charge on any atom is 0.361 e. The number of nitrogens with zero attached hydrogens (tertiary/aromatic N) is 1. The number of nitrogens with two attached hydrogens (primary N) is 1. The minimum absolute atomic E-state index is 0.133. The van der Waals surface area contributed by atoms with Gasteiger partial charge in [0, 0.05) is 17.0 Å². The van der Waals surface area contributed by atoms with E-state index < -0.39 is 13.5 Å². The second kappa shape index (κ2) is 6.35. The summed E-state index contributed by atoms with van der Waals surface area (Å²) < 4.78 is 23.7. The molecule has 0 fully saturated rings. The Balaban J connectivity index is 2.72. The van der Waals surface area contributed by atoms with E-state index in [0.29, 0.717) is 16.1 Å². The predicted molar refractivity (Wildman–Crippen MR) is 80.8 cm³/mol. The average molecular weight is 308 g/mol. The van der Waals surface area contributed by atoms with E-state index in [4.69, 9.17) is 14.8 Å². The molecule has 2 rings (SSSR count). The van der Waals surface area contributed by atoms with Crippen molar-refractivity contribution in [2.75, 3.05) is 13.2 Å². The topological polar surface area (TPSA) is 91.5 Å². The van der Waals surface area contributed by atoms with E-state index in [1.807, 2.05) is 0 Å². The summed E-state index contributed by atoms with van der Waals surface area (Å²) in [6.07, 6.45) is 1.45. The van der Waals surface area contributed by atoms with Gasteiger partial charge in [0.15, 0.2) is 0 Å². The fourth-order valence-corrected chi connectivity index (χ4v) is 3.93. The van der Waals surface area contributed by atoms with Crippen LogP contribution in [0.4, 0.5) is 0 Å². The molecule has 112 valence electrons. The zero-order valence-corrected chi connectivity index (χ0v) is 12.8. The molecule has 1 amide bonds. The van der Waals surface area contributed by atoms with Crippen LogP contribution in [0.1, 0.15) is 24.3 Å². The highest BCUT2D eigenvalue weighted by atomic mass is 31.2. The van der Waals surface area contributed by atoms with Gasteiger partial charge in [-0.1, -0.05) is 12.1 Å². The van der Waals surface area contributed by atoms with Crippen molar-refractivity contribution in [3.05, 3.63) is 36.2 Å². The van der Waals surface area contributed by atoms with E-state index in [-0.39, 0.29) is 18.9 Å². The number of aromatic nitrogens is 1. The van der Waals surface area contributed by atoms with Crippen molar-refractivity contribution in [2.45, 2.75) is 13.8 Å². The number of rotatable bonds is 6. The Morgan fingerprint density at radius 2 is 1.86 bits per heavy atom. The molecule has 0 saturated carbocycles. The van der Waals surface area contributed by atoms with Gasteiger partial charge in [-0.3, -0.25) is 14.3 Å². The van der Waals surface area contributed by atoms with Crippen LogP contribution in [0.15, 0.2) is 30.5 Å². The quantitative estimate of drug-likeness (QED) is 0.826. The summed E-state index contributed by atoms with van der Waals surface area (Å²) in [6.45, 7) is 3.99. The summed E-state index contributed by atoms with van der Waals surface area (Å²) in [6, 6.07) is 6.71. The molecular weight excluding hydrogens is 291 g/mol. The van der Waals surface area contributed by atoms with Crippen LogP contribution in [0.25, 0.3) is 10.8 Å². The number of amides is 1. The van der Waals surface area contributed by atoms with Crippen LogP contribution >= 0.6 is 7.60 Å². The lowest BCUT2D eigenvalue weighted by Gasteiger charge is -2.19. The molecule has 1 aromatic carbocycles. The number of fused-ring (bicyclic) bond motifs is 1. The normalized spacial score (nSPS) is 11.7. The third-order valence-electron chi connectivity index (χ3n) is 2.91. The fourth-order valence-electron chi connectivity index (χ4n) is 2.14. The summed E-state index contributed by atoms with van der Waals surface area (Å²) in [4.78, 5) is 15.4. The molecule has 0 atom stereocenters. The van der Waals surface area contributed by atoms with Gasteiger partial charge in [0.2, 0.25) is 0 Å². The Morgan fingerprint density at radius 3 is 2.43 bits per heavy atom. The molecule has 0 saturated heterocycles. The van der Waals surface area contributed by atoms with Crippen molar-refractivity contribution in [3.8, 4) is 0 Å². The predicted octanol–water partition coefficient (Wildman–Crippen LogP) is 2.23. The molecule has 0 aliphatic carbocycles. The smallest absolute Gasteiger partial charge is 0.361 e. The lowest BCUT2D eigenvalue weighted by atomic mass is 10.1. The van der Waals surface area contributed by atoms with Gasteiger partial charge in [-0.15, -0.1) is 0 Å². The SMILES string of the molecule is CCOP(=O)(OCC)c1cccc2c(C(N)=O)nccc12. The first-order chi connectivity index (χ1) is 10.0. The van der Waals surface area contributed by atoms with Gasteiger partial charge in [-0.2, -0.15) is 0 Å². The first-order valence-electron chi connectivity index (χ1n) is 6.60. The molecular formula is C14H17N2O4P. The van der Waals surface area contributed by atoms with Crippen molar-refractivity contribution in [2.24, 2.45) is 5.73 Å². The van der Waals surface area contributed by atoms with E-state index in [0.717, 1.165) is 0 Å². The lowest BCUT2D eigenvalue weighted by molar-refractivity contribution is 0.0997. The second-order valence-electron chi connectivity index (χ2n) is 4.23. The second-order valence-corrected chi connectivity index (χ2v) is 6.22. The Hall–Kier alpha value is -1.75. The van der Waals surface area contributed by atoms with Crippen LogP contribution in [-0.4, -0.2) is 24.1 Å². The molecule has 0 unspecified atom stereocenters. The van der Waals surface area contributed by atoms with Gasteiger partial charge in [0.1, 0.15) is 5.69 Å². The zero-order chi connectivity index (χ0) is 15.5. The minimum atomic E-state index is -3.45. The summed E-state index contributed by atoms with van der Waals surface area (Å²) >= 11 is 0. The third-order valence-corrected chi connectivity index (χ3v) is 5.09. The van der Waals surface area contributed by atoms with Crippen molar-refractivity contribution in [1.29, 1.82) is 0 Å². The number of carbonyl (C=O) groups excluding carboxylic acids is 1. The largest absolute Gasteiger partial charge is 0.364 e. The average Bonchev–Trinajstić information content (AvgIpc) is 2.46. The maximum absolute atomic E-state index is 12.9. The summed E-state index contributed by atoms with van der Waals surface area (Å²) in [7, 11) is -3.45. The van der Waals surface area contributed by atoms with Gasteiger partial charge >= 0.3 is 7.60 Å². The monoisotopic (exact) mass is 308 g/mol. The number of hydrogen-bond donors (Lipinski definition) is 1. The van der Waals surface area contributed by atoms with Crippen molar-refractivity contribution in [3.63, 3.8) is 0 Å². The molecule has 0 spiro atoms. The van der Waals surface area contributed by atoms with Gasteiger partial charge < -0.3 is 14.8 Å². The summed E-state index contributed by atoms with van der Waals surface area (Å²) in [5.41, 5.74) is 5.46. The number of primary amides is 1. The molecule has 0 aliphatic rings. The number of carbonyl (C=O) groups is 1. The first kappa shape index (κ1) is 15.6. The van der Waals surface area contributed by atoms with Crippen LogP contribution < -0.4 is 11.0 Å². The molecule has 1 aromatic heterocycles. The van der Waals surface area contributed by atoms with Crippen LogP contribution in [0, 0.1) is 0 Å². The highest BCUT2D eigenvalue weighted by Crippen LogP contribution is 2.48. The zero-order valence-electron chi connectivity index (χ0n) is 11.9. The molecule has 6 nitrogen and oxygen atoms in total. The molecule has 1 heterocycles. The molecule has 7 heteroatoms. The van der Waals surface area contributed by atoms with Gasteiger partial charge in [-0.25, -0.2) is 0 Å². The molecule has 2 aromatic rings. The Bertz CT molecular complexity index is 707. The molecule has 0 aliphatic heterocycles. The Morgan fingerprint density at radius 1 is 1.19 bits per heavy atom. The van der Waals surface area contributed by atoms with E-state index in [1.54, 1.807) is 38.1 Å². The number of pyridine rings is 1. The van der Waals surface area contributed by atoms with Gasteiger partial charge in [0.25, 0.3) is 5.91 Å². The Labute approximate surface area is 122 Å². The maximum atomic E-state index is 12.9. The number of benzene rings is 1. The van der Waals surface area contributed by atoms with Gasteiger partial charge in [0.05, 0.1) is 18.5 Å². The molecule has 21 heavy (non-hydrogen) atoms. The molecule has 0 radical (unpaired) electrons. The summed E-state index contributed by atoms with van der Waals surface area (Å²) in [5, 5.41) is 1.53. The third kappa shape index (κ3) is 2.97. The van der Waals surface area contributed by atoms with Crippen LogP contribution in [0.2, 0.25) is 0 Å². The van der Waals surface area contributed by atoms with Crippen molar-refractivity contribution in [1.82, 2.24) is 4.98 Å².